The summed E-state index contributed by atoms with van der Waals surface area (Å²) in [5.41, 5.74) is 6.75. The van der Waals surface area contributed by atoms with E-state index in [1.54, 1.807) is 0 Å². The standard InChI is InChI=1S/C14H12BrF2NS/c15-10-3-1-9(2-4-10)14(8-18)19-13-6-5-11(16)7-12(13)17/h1-7,14H,8,18H2. The van der Waals surface area contributed by atoms with Crippen molar-refractivity contribution in [3.05, 3.63) is 64.1 Å². The largest absolute Gasteiger partial charge is 0.329 e. The smallest absolute Gasteiger partial charge is 0.139 e. The fourth-order valence-electron chi connectivity index (χ4n) is 1.65. The van der Waals surface area contributed by atoms with Crippen LogP contribution in [0.15, 0.2) is 51.8 Å². The molecule has 0 heterocycles. The highest BCUT2D eigenvalue weighted by Crippen LogP contribution is 2.36. The third-order valence-electron chi connectivity index (χ3n) is 2.62. The van der Waals surface area contributed by atoms with E-state index in [1.807, 2.05) is 24.3 Å². The van der Waals surface area contributed by atoms with E-state index in [9.17, 15) is 8.78 Å². The van der Waals surface area contributed by atoms with Crippen LogP contribution in [0.5, 0.6) is 0 Å². The van der Waals surface area contributed by atoms with E-state index >= 15 is 0 Å². The normalized spacial score (nSPS) is 12.4. The summed E-state index contributed by atoms with van der Waals surface area (Å²) in [7, 11) is 0. The fourth-order valence-corrected chi connectivity index (χ4v) is 2.93. The van der Waals surface area contributed by atoms with Gasteiger partial charge in [-0.1, -0.05) is 28.1 Å². The Morgan fingerprint density at radius 2 is 1.79 bits per heavy atom. The summed E-state index contributed by atoms with van der Waals surface area (Å²) in [6.07, 6.45) is 0. The molecule has 0 saturated heterocycles. The second kappa shape index (κ2) is 6.50. The highest BCUT2D eigenvalue weighted by molar-refractivity contribution is 9.10. The molecule has 1 unspecified atom stereocenters. The maximum absolute atomic E-state index is 13.6. The van der Waals surface area contributed by atoms with Gasteiger partial charge in [0.15, 0.2) is 0 Å². The van der Waals surface area contributed by atoms with E-state index in [2.05, 4.69) is 15.9 Å². The molecule has 2 aromatic carbocycles. The van der Waals surface area contributed by atoms with Crippen molar-refractivity contribution in [1.82, 2.24) is 0 Å². The van der Waals surface area contributed by atoms with Crippen LogP contribution in [0.25, 0.3) is 0 Å². The lowest BCUT2D eigenvalue weighted by Crippen LogP contribution is -2.09. The van der Waals surface area contributed by atoms with Gasteiger partial charge in [-0.3, -0.25) is 0 Å². The van der Waals surface area contributed by atoms with Gasteiger partial charge in [-0.05, 0) is 29.8 Å². The first kappa shape index (κ1) is 14.5. The molecule has 2 N–H and O–H groups in total. The maximum atomic E-state index is 13.6. The van der Waals surface area contributed by atoms with E-state index in [-0.39, 0.29) is 5.25 Å². The van der Waals surface area contributed by atoms with Crippen LogP contribution < -0.4 is 5.73 Å². The van der Waals surface area contributed by atoms with Gasteiger partial charge in [-0.25, -0.2) is 8.78 Å². The minimum Gasteiger partial charge on any atom is -0.329 e. The third kappa shape index (κ3) is 3.78. The van der Waals surface area contributed by atoms with Crippen LogP contribution in [-0.4, -0.2) is 6.54 Å². The molecular formula is C14H12BrF2NS. The zero-order valence-corrected chi connectivity index (χ0v) is 12.3. The Hall–Kier alpha value is -0.910. The summed E-state index contributed by atoms with van der Waals surface area (Å²) in [4.78, 5) is 0.403. The number of hydrogen-bond donors (Lipinski definition) is 1. The lowest BCUT2D eigenvalue weighted by Gasteiger charge is -2.15. The van der Waals surface area contributed by atoms with Crippen molar-refractivity contribution < 1.29 is 8.78 Å². The first-order valence-corrected chi connectivity index (χ1v) is 7.34. The van der Waals surface area contributed by atoms with E-state index < -0.39 is 11.6 Å². The molecular weight excluding hydrogens is 332 g/mol. The third-order valence-corrected chi connectivity index (χ3v) is 4.48. The number of rotatable bonds is 4. The average molecular weight is 344 g/mol. The van der Waals surface area contributed by atoms with Gasteiger partial charge in [0.1, 0.15) is 11.6 Å². The van der Waals surface area contributed by atoms with E-state index in [4.69, 9.17) is 5.73 Å². The van der Waals surface area contributed by atoms with Crippen LogP contribution in [0, 0.1) is 11.6 Å². The summed E-state index contributed by atoms with van der Waals surface area (Å²) in [5, 5.41) is -0.0620. The van der Waals surface area contributed by atoms with Gasteiger partial charge in [0.05, 0.1) is 0 Å². The number of halogens is 3. The van der Waals surface area contributed by atoms with Crippen molar-refractivity contribution in [2.75, 3.05) is 6.54 Å². The predicted molar refractivity (Wildman–Crippen MR) is 78.2 cm³/mol. The molecule has 0 radical (unpaired) electrons. The lowest BCUT2D eigenvalue weighted by atomic mass is 10.1. The van der Waals surface area contributed by atoms with Gasteiger partial charge in [0, 0.05) is 27.2 Å². The molecule has 19 heavy (non-hydrogen) atoms. The summed E-state index contributed by atoms with van der Waals surface area (Å²) >= 11 is 4.66. The molecule has 0 amide bonds. The van der Waals surface area contributed by atoms with Crippen LogP contribution in [-0.2, 0) is 0 Å². The van der Waals surface area contributed by atoms with E-state index in [0.717, 1.165) is 16.1 Å². The second-order valence-electron chi connectivity index (χ2n) is 3.97. The lowest BCUT2D eigenvalue weighted by molar-refractivity contribution is 0.565. The minimum absolute atomic E-state index is 0.0620. The second-order valence-corrected chi connectivity index (χ2v) is 6.13. The fraction of sp³-hybridized carbons (Fsp3) is 0.143. The molecule has 2 rings (SSSR count). The minimum atomic E-state index is -0.574. The van der Waals surface area contributed by atoms with Crippen molar-refractivity contribution in [1.29, 1.82) is 0 Å². The van der Waals surface area contributed by atoms with Gasteiger partial charge < -0.3 is 5.73 Å². The first-order chi connectivity index (χ1) is 9.10. The van der Waals surface area contributed by atoms with Crippen molar-refractivity contribution in [2.24, 2.45) is 5.73 Å². The van der Waals surface area contributed by atoms with Gasteiger partial charge in [0.25, 0.3) is 0 Å². The molecule has 0 fully saturated rings. The average Bonchev–Trinajstić information content (AvgIpc) is 2.39. The molecule has 0 aliphatic heterocycles. The summed E-state index contributed by atoms with van der Waals surface area (Å²) in [5.74, 6) is -1.13. The maximum Gasteiger partial charge on any atom is 0.139 e. The van der Waals surface area contributed by atoms with Crippen molar-refractivity contribution in [3.63, 3.8) is 0 Å². The Bertz CT molecular complexity index is 560. The molecule has 0 aliphatic carbocycles. The number of thioether (sulfide) groups is 1. The van der Waals surface area contributed by atoms with Crippen LogP contribution >= 0.6 is 27.7 Å². The topological polar surface area (TPSA) is 26.0 Å². The van der Waals surface area contributed by atoms with Crippen molar-refractivity contribution >= 4 is 27.7 Å². The Labute approximate surface area is 123 Å². The summed E-state index contributed by atoms with van der Waals surface area (Å²) < 4.78 is 27.4. The zero-order chi connectivity index (χ0) is 13.8. The quantitative estimate of drug-likeness (QED) is 0.826. The van der Waals surface area contributed by atoms with Gasteiger partial charge >= 0.3 is 0 Å². The molecule has 5 heteroatoms. The van der Waals surface area contributed by atoms with Crippen LogP contribution in [0.1, 0.15) is 10.8 Å². The SMILES string of the molecule is NCC(Sc1ccc(F)cc1F)c1ccc(Br)cc1. The summed E-state index contributed by atoms with van der Waals surface area (Å²) in [6.45, 7) is 0.378. The molecule has 1 atom stereocenters. The summed E-state index contributed by atoms with van der Waals surface area (Å²) in [6, 6.07) is 11.3. The molecule has 2 aromatic rings. The highest BCUT2D eigenvalue weighted by Gasteiger charge is 2.14. The van der Waals surface area contributed by atoms with Crippen molar-refractivity contribution in [3.8, 4) is 0 Å². The highest BCUT2D eigenvalue weighted by atomic mass is 79.9. The van der Waals surface area contributed by atoms with E-state index in [0.29, 0.717) is 11.4 Å². The molecule has 0 aliphatic rings. The number of hydrogen-bond acceptors (Lipinski definition) is 2. The molecule has 0 spiro atoms. The van der Waals surface area contributed by atoms with Crippen LogP contribution in [0.2, 0.25) is 0 Å². The Balaban J connectivity index is 2.21. The Morgan fingerprint density at radius 1 is 1.11 bits per heavy atom. The Morgan fingerprint density at radius 3 is 2.37 bits per heavy atom. The monoisotopic (exact) mass is 343 g/mol. The van der Waals surface area contributed by atoms with Gasteiger partial charge in [-0.2, -0.15) is 0 Å². The van der Waals surface area contributed by atoms with E-state index in [1.165, 1.54) is 23.9 Å². The number of benzene rings is 2. The predicted octanol–water partition coefficient (Wildman–Crippen LogP) is 4.52. The molecule has 100 valence electrons. The van der Waals surface area contributed by atoms with Gasteiger partial charge in [0.2, 0.25) is 0 Å². The molecule has 0 aromatic heterocycles. The Kier molecular flexibility index (Phi) is 4.96. The molecule has 0 saturated carbocycles. The molecule has 1 nitrogen and oxygen atoms in total. The van der Waals surface area contributed by atoms with Crippen molar-refractivity contribution in [2.45, 2.75) is 10.1 Å². The zero-order valence-electron chi connectivity index (χ0n) is 9.95. The molecule has 0 bridgehead atoms. The number of nitrogens with two attached hydrogens (primary N) is 1. The van der Waals surface area contributed by atoms with Crippen LogP contribution in [0.3, 0.4) is 0 Å². The van der Waals surface area contributed by atoms with Crippen LogP contribution in [0.4, 0.5) is 8.78 Å². The first-order valence-electron chi connectivity index (χ1n) is 5.67. The van der Waals surface area contributed by atoms with Gasteiger partial charge in [-0.15, -0.1) is 11.8 Å².